The Balaban J connectivity index is 1.87. The van der Waals surface area contributed by atoms with E-state index in [9.17, 15) is 0 Å². The van der Waals surface area contributed by atoms with E-state index in [0.29, 0.717) is 0 Å². The second-order valence-electron chi connectivity index (χ2n) is 6.86. The van der Waals surface area contributed by atoms with Crippen LogP contribution in [0.4, 0.5) is 5.69 Å². The first kappa shape index (κ1) is 16.3. The van der Waals surface area contributed by atoms with Gasteiger partial charge in [-0.3, -0.25) is 4.98 Å². The topological polar surface area (TPSA) is 19.4 Å². The van der Waals surface area contributed by atoms with Crippen LogP contribution in [0.25, 0.3) is 10.9 Å². The van der Waals surface area contributed by atoms with Crippen molar-refractivity contribution in [3.63, 3.8) is 0 Å². The average Bonchev–Trinajstić information content (AvgIpc) is 3.02. The van der Waals surface area contributed by atoms with E-state index < -0.39 is 0 Å². The summed E-state index contributed by atoms with van der Waals surface area (Å²) in [5.41, 5.74) is 3.76. The van der Waals surface area contributed by atoms with Crippen LogP contribution >= 0.6 is 0 Å². The van der Waals surface area contributed by atoms with Gasteiger partial charge in [-0.05, 0) is 44.5 Å². The number of fused-ring (bicyclic) bond motifs is 1. The molecule has 3 rings (SSSR count). The molecule has 3 nitrogen and oxygen atoms in total. The summed E-state index contributed by atoms with van der Waals surface area (Å²) < 4.78 is 0. The summed E-state index contributed by atoms with van der Waals surface area (Å²) in [4.78, 5) is 9.86. The third kappa shape index (κ3) is 3.66. The molecule has 2 heterocycles. The summed E-state index contributed by atoms with van der Waals surface area (Å²) in [5.74, 6) is 0.779. The molecule has 0 amide bonds. The molecule has 1 aromatic carbocycles. The zero-order valence-corrected chi connectivity index (χ0v) is 14.8. The van der Waals surface area contributed by atoms with E-state index in [4.69, 9.17) is 4.98 Å². The van der Waals surface area contributed by atoms with Gasteiger partial charge in [-0.2, -0.15) is 0 Å². The Morgan fingerprint density at radius 1 is 1.26 bits per heavy atom. The molecule has 3 heteroatoms. The fraction of sp³-hybridized carbons (Fsp3) is 0.550. The van der Waals surface area contributed by atoms with Crippen molar-refractivity contribution in [3.8, 4) is 0 Å². The maximum Gasteiger partial charge on any atom is 0.0726 e. The zero-order chi connectivity index (χ0) is 16.2. The first-order chi connectivity index (χ1) is 11.2. The van der Waals surface area contributed by atoms with Crippen molar-refractivity contribution in [2.45, 2.75) is 33.1 Å². The minimum Gasteiger partial charge on any atom is -0.371 e. The lowest BCUT2D eigenvalue weighted by atomic mass is 10.1. The van der Waals surface area contributed by atoms with Gasteiger partial charge in [-0.1, -0.05) is 38.5 Å². The Hall–Kier alpha value is -1.61. The van der Waals surface area contributed by atoms with Crippen LogP contribution in [0.2, 0.25) is 0 Å². The van der Waals surface area contributed by atoms with E-state index >= 15 is 0 Å². The molecule has 0 bridgehead atoms. The van der Waals surface area contributed by atoms with E-state index in [1.165, 1.54) is 42.8 Å². The molecule has 1 fully saturated rings. The molecule has 1 unspecified atom stereocenters. The number of nitrogens with zero attached hydrogens (tertiary/aromatic N) is 3. The molecule has 1 aromatic heterocycles. The highest BCUT2D eigenvalue weighted by molar-refractivity contribution is 5.92. The van der Waals surface area contributed by atoms with E-state index in [2.05, 4.69) is 61.0 Å². The Labute approximate surface area is 140 Å². The number of pyridine rings is 1. The van der Waals surface area contributed by atoms with Gasteiger partial charge in [-0.15, -0.1) is 0 Å². The maximum absolute atomic E-state index is 4.84. The molecule has 0 N–H and O–H groups in total. The summed E-state index contributed by atoms with van der Waals surface area (Å²) in [6.07, 6.45) is 3.51. The molecule has 0 radical (unpaired) electrons. The highest BCUT2D eigenvalue weighted by Crippen LogP contribution is 2.31. The summed E-state index contributed by atoms with van der Waals surface area (Å²) in [6.45, 7) is 9.14. The number of aromatic nitrogens is 1. The highest BCUT2D eigenvalue weighted by atomic mass is 15.2. The van der Waals surface area contributed by atoms with Gasteiger partial charge in [0.2, 0.25) is 0 Å². The van der Waals surface area contributed by atoms with E-state index in [0.717, 1.165) is 30.8 Å². The predicted molar refractivity (Wildman–Crippen MR) is 99.2 cm³/mol. The quantitative estimate of drug-likeness (QED) is 0.805. The summed E-state index contributed by atoms with van der Waals surface area (Å²) in [7, 11) is 2.23. The van der Waals surface area contributed by atoms with Gasteiger partial charge in [-0.25, -0.2) is 0 Å². The molecule has 0 spiro atoms. The molecular formula is C20H29N3. The first-order valence-electron chi connectivity index (χ1n) is 9.03. The van der Waals surface area contributed by atoms with Gasteiger partial charge in [0.1, 0.15) is 0 Å². The number of hydrogen-bond donors (Lipinski definition) is 0. The summed E-state index contributed by atoms with van der Waals surface area (Å²) in [6, 6.07) is 10.9. The molecule has 1 aliphatic rings. The van der Waals surface area contributed by atoms with Gasteiger partial charge < -0.3 is 9.80 Å². The van der Waals surface area contributed by atoms with Crippen LogP contribution in [-0.4, -0.2) is 43.1 Å². The van der Waals surface area contributed by atoms with Crippen molar-refractivity contribution in [3.05, 3.63) is 36.0 Å². The van der Waals surface area contributed by atoms with Crippen molar-refractivity contribution in [2.24, 2.45) is 5.92 Å². The molecule has 0 saturated carbocycles. The molecule has 1 saturated heterocycles. The predicted octanol–water partition coefficient (Wildman–Crippen LogP) is 3.97. The van der Waals surface area contributed by atoms with Crippen molar-refractivity contribution in [2.75, 3.05) is 38.1 Å². The van der Waals surface area contributed by atoms with Crippen LogP contribution in [0.1, 0.15) is 32.4 Å². The van der Waals surface area contributed by atoms with Gasteiger partial charge in [0.05, 0.1) is 5.52 Å². The second-order valence-corrected chi connectivity index (χ2v) is 6.86. The Kier molecular flexibility index (Phi) is 5.16. The largest absolute Gasteiger partial charge is 0.371 e. The summed E-state index contributed by atoms with van der Waals surface area (Å²) >= 11 is 0. The van der Waals surface area contributed by atoms with Gasteiger partial charge in [0.15, 0.2) is 0 Å². The Bertz CT molecular complexity index is 652. The smallest absolute Gasteiger partial charge is 0.0726 e. The number of benzene rings is 1. The summed E-state index contributed by atoms with van der Waals surface area (Å²) in [5, 5.41) is 1.30. The molecule has 23 heavy (non-hydrogen) atoms. The van der Waals surface area contributed by atoms with Crippen molar-refractivity contribution in [1.29, 1.82) is 0 Å². The molecule has 1 aliphatic heterocycles. The normalized spacial score (nSPS) is 18.3. The monoisotopic (exact) mass is 311 g/mol. The fourth-order valence-corrected chi connectivity index (χ4v) is 3.63. The Morgan fingerprint density at radius 3 is 2.87 bits per heavy atom. The lowest BCUT2D eigenvalue weighted by Gasteiger charge is -2.23. The molecular weight excluding hydrogens is 282 g/mol. The van der Waals surface area contributed by atoms with Crippen LogP contribution in [-0.2, 0) is 6.42 Å². The van der Waals surface area contributed by atoms with E-state index in [1.807, 2.05) is 0 Å². The first-order valence-corrected chi connectivity index (χ1v) is 9.03. The van der Waals surface area contributed by atoms with Crippen molar-refractivity contribution in [1.82, 2.24) is 9.88 Å². The van der Waals surface area contributed by atoms with Crippen LogP contribution < -0.4 is 4.90 Å². The molecule has 0 aliphatic carbocycles. The zero-order valence-electron chi connectivity index (χ0n) is 14.8. The minimum absolute atomic E-state index is 0.779. The standard InChI is InChI=1S/C20H29N3/c1-4-8-17-13-20(18-9-6-7-10-19(18)21-17)23-12-11-16(15-23)14-22(3)5-2/h6-7,9-10,13,16H,4-5,8,11-12,14-15H2,1-3H3. The van der Waals surface area contributed by atoms with Gasteiger partial charge in [0.25, 0.3) is 0 Å². The van der Waals surface area contributed by atoms with Crippen molar-refractivity contribution >= 4 is 16.6 Å². The van der Waals surface area contributed by atoms with Crippen LogP contribution in [0, 0.1) is 5.92 Å². The third-order valence-electron chi connectivity index (χ3n) is 4.99. The number of anilines is 1. The van der Waals surface area contributed by atoms with E-state index in [-0.39, 0.29) is 0 Å². The third-order valence-corrected chi connectivity index (χ3v) is 4.99. The number of rotatable bonds is 6. The molecule has 2 aromatic rings. The van der Waals surface area contributed by atoms with E-state index in [1.54, 1.807) is 0 Å². The van der Waals surface area contributed by atoms with Gasteiger partial charge >= 0.3 is 0 Å². The molecule has 124 valence electrons. The Morgan fingerprint density at radius 2 is 2.09 bits per heavy atom. The SMILES string of the molecule is CCCc1cc(N2CCC(CN(C)CC)C2)c2ccccc2n1. The number of hydrogen-bond acceptors (Lipinski definition) is 3. The maximum atomic E-state index is 4.84. The molecule has 1 atom stereocenters. The lowest BCUT2D eigenvalue weighted by Crippen LogP contribution is -2.28. The van der Waals surface area contributed by atoms with Crippen LogP contribution in [0.5, 0.6) is 0 Å². The van der Waals surface area contributed by atoms with Crippen LogP contribution in [0.3, 0.4) is 0 Å². The number of aryl methyl sites for hydroxylation is 1. The minimum atomic E-state index is 0.779. The second kappa shape index (κ2) is 7.31. The van der Waals surface area contributed by atoms with Crippen LogP contribution in [0.15, 0.2) is 30.3 Å². The van der Waals surface area contributed by atoms with Crippen molar-refractivity contribution < 1.29 is 0 Å². The lowest BCUT2D eigenvalue weighted by molar-refractivity contribution is 0.300. The fourth-order valence-electron chi connectivity index (χ4n) is 3.63. The average molecular weight is 311 g/mol. The van der Waals surface area contributed by atoms with Gasteiger partial charge in [0, 0.05) is 36.4 Å². The highest BCUT2D eigenvalue weighted by Gasteiger charge is 2.25. The number of para-hydroxylation sites is 1.